The van der Waals surface area contributed by atoms with Crippen molar-refractivity contribution < 1.29 is 14.3 Å². The number of nitrogens with one attached hydrogen (secondary N) is 1. The monoisotopic (exact) mass is 330 g/mol. The van der Waals surface area contributed by atoms with Crippen LogP contribution in [0.1, 0.15) is 29.6 Å². The van der Waals surface area contributed by atoms with E-state index in [4.69, 9.17) is 5.73 Å². The lowest BCUT2D eigenvalue weighted by molar-refractivity contribution is 0.0944. The molecule has 1 aromatic rings. The molecule has 104 valence electrons. The van der Waals surface area contributed by atoms with Gasteiger partial charge in [0.2, 0.25) is 0 Å². The Morgan fingerprint density at radius 3 is 2.89 bits per heavy atom. The molecule has 19 heavy (non-hydrogen) atoms. The van der Waals surface area contributed by atoms with Crippen LogP contribution in [0.3, 0.4) is 0 Å². The normalized spacial score (nSPS) is 22.5. The molecule has 0 saturated heterocycles. The lowest BCUT2D eigenvalue weighted by Crippen LogP contribution is -2.29. The number of aliphatic hydroxyl groups is 1. The van der Waals surface area contributed by atoms with E-state index < -0.39 is 5.82 Å². The first-order valence-corrected chi connectivity index (χ1v) is 6.97. The van der Waals surface area contributed by atoms with Crippen LogP contribution in [0.5, 0.6) is 0 Å². The lowest BCUT2D eigenvalue weighted by atomic mass is 10.1. The molecule has 1 saturated carbocycles. The quantitative estimate of drug-likeness (QED) is 0.742. The fourth-order valence-corrected chi connectivity index (χ4v) is 2.80. The molecule has 4 nitrogen and oxygen atoms in total. The second-order valence-corrected chi connectivity index (χ2v) is 5.75. The average Bonchev–Trinajstić information content (AvgIpc) is 2.77. The highest BCUT2D eigenvalue weighted by molar-refractivity contribution is 9.10. The van der Waals surface area contributed by atoms with E-state index in [1.807, 2.05) is 0 Å². The molecule has 2 unspecified atom stereocenters. The Morgan fingerprint density at radius 1 is 1.53 bits per heavy atom. The molecule has 0 spiro atoms. The van der Waals surface area contributed by atoms with Gasteiger partial charge in [-0.25, -0.2) is 4.39 Å². The number of benzene rings is 1. The zero-order valence-electron chi connectivity index (χ0n) is 10.3. The second kappa shape index (κ2) is 5.88. The summed E-state index contributed by atoms with van der Waals surface area (Å²) in [7, 11) is 0. The van der Waals surface area contributed by atoms with Crippen LogP contribution in [0.25, 0.3) is 0 Å². The second-order valence-electron chi connectivity index (χ2n) is 4.90. The molecular weight excluding hydrogens is 315 g/mol. The molecule has 1 amide bonds. The summed E-state index contributed by atoms with van der Waals surface area (Å²) < 4.78 is 13.6. The summed E-state index contributed by atoms with van der Waals surface area (Å²) in [5, 5.41) is 12.2. The smallest absolute Gasteiger partial charge is 0.252 e. The Balaban J connectivity index is 1.98. The first-order chi connectivity index (χ1) is 8.97. The molecule has 2 atom stereocenters. The number of halogens is 2. The number of nitrogen functional groups attached to an aromatic ring is 1. The molecule has 1 aliphatic carbocycles. The summed E-state index contributed by atoms with van der Waals surface area (Å²) in [6.07, 6.45) is 2.16. The lowest BCUT2D eigenvalue weighted by Gasteiger charge is -2.12. The first-order valence-electron chi connectivity index (χ1n) is 6.18. The molecule has 1 fully saturated rings. The van der Waals surface area contributed by atoms with E-state index in [0.29, 0.717) is 28.9 Å². The van der Waals surface area contributed by atoms with Gasteiger partial charge in [-0.1, -0.05) is 0 Å². The van der Waals surface area contributed by atoms with Crippen molar-refractivity contribution in [2.75, 3.05) is 12.3 Å². The predicted octanol–water partition coefficient (Wildman–Crippen LogP) is 2.06. The SMILES string of the molecule is Nc1cc(C(=O)NCC2CCC(O)C2)c(Br)cc1F. The minimum Gasteiger partial charge on any atom is -0.396 e. The number of hydrogen-bond donors (Lipinski definition) is 3. The molecule has 6 heteroatoms. The largest absolute Gasteiger partial charge is 0.396 e. The zero-order valence-corrected chi connectivity index (χ0v) is 11.9. The van der Waals surface area contributed by atoms with Crippen LogP contribution >= 0.6 is 15.9 Å². The molecule has 0 aliphatic heterocycles. The van der Waals surface area contributed by atoms with Crippen molar-refractivity contribution in [1.82, 2.24) is 5.32 Å². The number of anilines is 1. The Hall–Kier alpha value is -1.14. The van der Waals surface area contributed by atoms with Crippen molar-refractivity contribution in [3.8, 4) is 0 Å². The third-order valence-electron chi connectivity index (χ3n) is 3.40. The van der Waals surface area contributed by atoms with Crippen LogP contribution in [0.15, 0.2) is 16.6 Å². The highest BCUT2D eigenvalue weighted by atomic mass is 79.9. The fraction of sp³-hybridized carbons (Fsp3) is 0.462. The topological polar surface area (TPSA) is 75.4 Å². The minimum absolute atomic E-state index is 0.0513. The summed E-state index contributed by atoms with van der Waals surface area (Å²) in [6, 6.07) is 2.50. The Kier molecular flexibility index (Phi) is 4.42. The number of carbonyl (C=O) groups is 1. The molecule has 0 radical (unpaired) electrons. The predicted molar refractivity (Wildman–Crippen MR) is 74.2 cm³/mol. The van der Waals surface area contributed by atoms with E-state index in [0.717, 1.165) is 12.8 Å². The van der Waals surface area contributed by atoms with Gasteiger partial charge in [-0.05, 0) is 53.2 Å². The van der Waals surface area contributed by atoms with Gasteiger partial charge in [0.25, 0.3) is 5.91 Å². The van der Waals surface area contributed by atoms with Crippen molar-refractivity contribution in [2.45, 2.75) is 25.4 Å². The Bertz CT molecular complexity index is 496. The molecule has 0 bridgehead atoms. The maximum atomic E-state index is 13.2. The molecular formula is C13H16BrFN2O2. The molecule has 0 aromatic heterocycles. The number of rotatable bonds is 3. The summed E-state index contributed by atoms with van der Waals surface area (Å²) in [5.74, 6) is -0.544. The highest BCUT2D eigenvalue weighted by Gasteiger charge is 2.23. The van der Waals surface area contributed by atoms with E-state index >= 15 is 0 Å². The average molecular weight is 331 g/mol. The van der Waals surface area contributed by atoms with Crippen LogP contribution in [-0.2, 0) is 0 Å². The van der Waals surface area contributed by atoms with Gasteiger partial charge in [0.15, 0.2) is 0 Å². The van der Waals surface area contributed by atoms with Crippen molar-refractivity contribution >= 4 is 27.5 Å². The van der Waals surface area contributed by atoms with Gasteiger partial charge in [-0.3, -0.25) is 4.79 Å². The van der Waals surface area contributed by atoms with Gasteiger partial charge in [0, 0.05) is 11.0 Å². The molecule has 4 N–H and O–H groups in total. The van der Waals surface area contributed by atoms with Crippen LogP contribution in [0.4, 0.5) is 10.1 Å². The van der Waals surface area contributed by atoms with Crippen molar-refractivity contribution in [1.29, 1.82) is 0 Å². The van der Waals surface area contributed by atoms with Crippen LogP contribution in [0.2, 0.25) is 0 Å². The summed E-state index contributed by atoms with van der Waals surface area (Å²) in [6.45, 7) is 0.514. The number of aliphatic hydroxyl groups excluding tert-OH is 1. The highest BCUT2D eigenvalue weighted by Crippen LogP contribution is 2.25. The van der Waals surface area contributed by atoms with Crippen molar-refractivity contribution in [3.63, 3.8) is 0 Å². The number of amides is 1. The van der Waals surface area contributed by atoms with E-state index in [2.05, 4.69) is 21.2 Å². The maximum absolute atomic E-state index is 13.2. The number of nitrogens with two attached hydrogens (primary N) is 1. The standard InChI is InChI=1S/C13H16BrFN2O2/c14-10-5-11(15)12(16)4-9(10)13(19)17-6-7-1-2-8(18)3-7/h4-5,7-8,18H,1-3,6,16H2,(H,17,19). The van der Waals surface area contributed by atoms with Gasteiger partial charge >= 0.3 is 0 Å². The first kappa shape index (κ1) is 14.3. The van der Waals surface area contributed by atoms with Crippen LogP contribution in [-0.4, -0.2) is 23.7 Å². The minimum atomic E-state index is -0.553. The zero-order chi connectivity index (χ0) is 14.0. The van der Waals surface area contributed by atoms with Crippen molar-refractivity contribution in [3.05, 3.63) is 28.0 Å². The summed E-state index contributed by atoms with van der Waals surface area (Å²) >= 11 is 3.15. The van der Waals surface area contributed by atoms with Crippen LogP contribution in [0, 0.1) is 11.7 Å². The van der Waals surface area contributed by atoms with Crippen molar-refractivity contribution in [2.24, 2.45) is 5.92 Å². The fourth-order valence-electron chi connectivity index (χ4n) is 2.31. The van der Waals surface area contributed by atoms with Crippen LogP contribution < -0.4 is 11.1 Å². The van der Waals surface area contributed by atoms with Gasteiger partial charge in [0.05, 0.1) is 17.4 Å². The third-order valence-corrected chi connectivity index (χ3v) is 4.05. The maximum Gasteiger partial charge on any atom is 0.252 e. The molecule has 0 heterocycles. The van der Waals surface area contributed by atoms with E-state index in [1.54, 1.807) is 0 Å². The Morgan fingerprint density at radius 2 is 2.26 bits per heavy atom. The van der Waals surface area contributed by atoms with Gasteiger partial charge in [-0.15, -0.1) is 0 Å². The van der Waals surface area contributed by atoms with E-state index in [9.17, 15) is 14.3 Å². The Labute approximate surface area is 119 Å². The summed E-state index contributed by atoms with van der Waals surface area (Å²) in [4.78, 5) is 12.0. The van der Waals surface area contributed by atoms with Gasteiger partial charge < -0.3 is 16.2 Å². The molecule has 2 rings (SSSR count). The number of carbonyl (C=O) groups excluding carboxylic acids is 1. The number of hydrogen-bond acceptors (Lipinski definition) is 3. The van der Waals surface area contributed by atoms with E-state index in [1.165, 1.54) is 12.1 Å². The molecule has 1 aromatic carbocycles. The van der Waals surface area contributed by atoms with Gasteiger partial charge in [-0.2, -0.15) is 0 Å². The van der Waals surface area contributed by atoms with Gasteiger partial charge in [0.1, 0.15) is 5.82 Å². The van der Waals surface area contributed by atoms with E-state index in [-0.39, 0.29) is 17.7 Å². The third kappa shape index (κ3) is 3.45. The molecule has 1 aliphatic rings. The summed E-state index contributed by atoms with van der Waals surface area (Å²) in [5.41, 5.74) is 5.72.